The summed E-state index contributed by atoms with van der Waals surface area (Å²) in [4.78, 5) is 43.3. The summed E-state index contributed by atoms with van der Waals surface area (Å²) in [6.45, 7) is 1.73. The van der Waals surface area contributed by atoms with E-state index in [4.69, 9.17) is 0 Å². The molecule has 162 valence electrons. The van der Waals surface area contributed by atoms with E-state index in [0.29, 0.717) is 5.13 Å². The summed E-state index contributed by atoms with van der Waals surface area (Å²) in [6.07, 6.45) is 5.02. The highest BCUT2D eigenvalue weighted by molar-refractivity contribution is 7.15. The molecule has 0 spiro atoms. The lowest BCUT2D eigenvalue weighted by atomic mass is 10.1. The summed E-state index contributed by atoms with van der Waals surface area (Å²) in [5, 5.41) is 5.62. The summed E-state index contributed by atoms with van der Waals surface area (Å²) >= 11 is 1.37. The molecule has 32 heavy (non-hydrogen) atoms. The fraction of sp³-hybridized carbons (Fsp3) is 0.167. The zero-order valence-electron chi connectivity index (χ0n) is 17.5. The second-order valence-electron chi connectivity index (χ2n) is 7.32. The van der Waals surface area contributed by atoms with Gasteiger partial charge in [0.05, 0.1) is 0 Å². The summed E-state index contributed by atoms with van der Waals surface area (Å²) in [5.74, 6) is -1.02. The van der Waals surface area contributed by atoms with E-state index in [-0.39, 0.29) is 12.2 Å². The van der Waals surface area contributed by atoms with Gasteiger partial charge in [0.2, 0.25) is 5.91 Å². The number of aryl methyl sites for hydroxylation is 1. The van der Waals surface area contributed by atoms with Crippen molar-refractivity contribution < 1.29 is 14.4 Å². The van der Waals surface area contributed by atoms with E-state index in [1.165, 1.54) is 22.5 Å². The van der Waals surface area contributed by atoms with Crippen LogP contribution < -0.4 is 10.6 Å². The summed E-state index contributed by atoms with van der Waals surface area (Å²) in [7, 11) is 0. The van der Waals surface area contributed by atoms with Crippen LogP contribution in [0.3, 0.4) is 0 Å². The SMILES string of the molecule is CCc1ccc(Cc2cnc(NC(=O)CN3C(=O)N/C(=C\c4ccccc4)C3=O)s2)cc1. The first-order chi connectivity index (χ1) is 15.5. The number of carbonyl (C=O) groups excluding carboxylic acids is 3. The highest BCUT2D eigenvalue weighted by Gasteiger charge is 2.35. The van der Waals surface area contributed by atoms with Crippen LogP contribution in [0, 0.1) is 0 Å². The van der Waals surface area contributed by atoms with Gasteiger partial charge in [-0.15, -0.1) is 11.3 Å². The van der Waals surface area contributed by atoms with Crippen LogP contribution in [0.5, 0.6) is 0 Å². The predicted octanol–water partition coefficient (Wildman–Crippen LogP) is 3.83. The van der Waals surface area contributed by atoms with Crippen molar-refractivity contribution in [3.05, 3.63) is 88.1 Å². The van der Waals surface area contributed by atoms with Gasteiger partial charge in [0.1, 0.15) is 12.2 Å². The van der Waals surface area contributed by atoms with E-state index in [2.05, 4.69) is 46.8 Å². The van der Waals surface area contributed by atoms with Crippen molar-refractivity contribution in [2.75, 3.05) is 11.9 Å². The minimum atomic E-state index is -0.623. The van der Waals surface area contributed by atoms with Gasteiger partial charge < -0.3 is 10.6 Å². The molecule has 0 radical (unpaired) electrons. The van der Waals surface area contributed by atoms with Gasteiger partial charge in [-0.1, -0.05) is 61.5 Å². The molecule has 2 aromatic carbocycles. The van der Waals surface area contributed by atoms with E-state index in [1.807, 2.05) is 30.3 Å². The Morgan fingerprint density at radius 1 is 1.09 bits per heavy atom. The van der Waals surface area contributed by atoms with Gasteiger partial charge in [0.15, 0.2) is 5.13 Å². The summed E-state index contributed by atoms with van der Waals surface area (Å²) in [6, 6.07) is 16.9. The molecule has 2 N–H and O–H groups in total. The number of anilines is 1. The van der Waals surface area contributed by atoms with Crippen LogP contribution in [0.15, 0.2) is 66.5 Å². The lowest BCUT2D eigenvalue weighted by Crippen LogP contribution is -2.38. The van der Waals surface area contributed by atoms with Crippen LogP contribution in [0.25, 0.3) is 6.08 Å². The minimum absolute atomic E-state index is 0.139. The number of hydrogen-bond acceptors (Lipinski definition) is 5. The number of thiazole rings is 1. The van der Waals surface area contributed by atoms with Crippen LogP contribution >= 0.6 is 11.3 Å². The Kier molecular flexibility index (Phi) is 6.42. The summed E-state index contributed by atoms with van der Waals surface area (Å²) in [5.41, 5.74) is 3.37. The molecule has 4 rings (SSSR count). The van der Waals surface area contributed by atoms with Crippen molar-refractivity contribution in [3.8, 4) is 0 Å². The fourth-order valence-electron chi connectivity index (χ4n) is 3.27. The monoisotopic (exact) mass is 446 g/mol. The topological polar surface area (TPSA) is 91.4 Å². The second-order valence-corrected chi connectivity index (χ2v) is 8.43. The third-order valence-corrected chi connectivity index (χ3v) is 5.90. The molecule has 0 unspecified atom stereocenters. The van der Waals surface area contributed by atoms with Crippen LogP contribution in [-0.2, 0) is 22.4 Å². The Labute approximate surface area is 189 Å². The molecule has 3 aromatic rings. The fourth-order valence-corrected chi connectivity index (χ4v) is 4.14. The smallest absolute Gasteiger partial charge is 0.303 e. The van der Waals surface area contributed by atoms with Crippen LogP contribution in [0.4, 0.5) is 9.93 Å². The van der Waals surface area contributed by atoms with Crippen LogP contribution in [-0.4, -0.2) is 34.3 Å². The molecule has 1 fully saturated rings. The number of aromatic nitrogens is 1. The zero-order valence-corrected chi connectivity index (χ0v) is 18.3. The number of nitrogens with one attached hydrogen (secondary N) is 2. The normalized spacial score (nSPS) is 14.7. The first-order valence-corrected chi connectivity index (χ1v) is 11.1. The van der Waals surface area contributed by atoms with Gasteiger partial charge in [0.25, 0.3) is 5.91 Å². The molecule has 1 saturated heterocycles. The molecule has 0 aliphatic carbocycles. The van der Waals surface area contributed by atoms with E-state index < -0.39 is 17.8 Å². The average molecular weight is 447 g/mol. The second kappa shape index (κ2) is 9.57. The molecule has 1 aliphatic rings. The molecule has 0 bridgehead atoms. The number of benzene rings is 2. The van der Waals surface area contributed by atoms with Gasteiger partial charge in [0, 0.05) is 17.5 Å². The number of amides is 4. The maximum Gasteiger partial charge on any atom is 0.329 e. The zero-order chi connectivity index (χ0) is 22.5. The van der Waals surface area contributed by atoms with Crippen molar-refractivity contribution in [1.82, 2.24) is 15.2 Å². The van der Waals surface area contributed by atoms with Crippen molar-refractivity contribution >= 4 is 40.4 Å². The molecule has 0 atom stereocenters. The summed E-state index contributed by atoms with van der Waals surface area (Å²) < 4.78 is 0. The van der Waals surface area contributed by atoms with Crippen molar-refractivity contribution in [2.24, 2.45) is 0 Å². The molecule has 4 amide bonds. The van der Waals surface area contributed by atoms with E-state index >= 15 is 0 Å². The first kappa shape index (κ1) is 21.5. The number of urea groups is 1. The van der Waals surface area contributed by atoms with Crippen molar-refractivity contribution in [3.63, 3.8) is 0 Å². The largest absolute Gasteiger partial charge is 0.329 e. The number of imide groups is 1. The maximum atomic E-state index is 12.5. The van der Waals surface area contributed by atoms with Crippen molar-refractivity contribution in [1.29, 1.82) is 0 Å². The van der Waals surface area contributed by atoms with Crippen LogP contribution in [0.2, 0.25) is 0 Å². The van der Waals surface area contributed by atoms with Gasteiger partial charge in [-0.3, -0.25) is 9.59 Å². The van der Waals surface area contributed by atoms with Gasteiger partial charge in [-0.2, -0.15) is 0 Å². The van der Waals surface area contributed by atoms with E-state index in [0.717, 1.165) is 28.2 Å². The number of rotatable bonds is 7. The molecule has 2 heterocycles. The molecule has 0 saturated carbocycles. The highest BCUT2D eigenvalue weighted by Crippen LogP contribution is 2.22. The van der Waals surface area contributed by atoms with Crippen molar-refractivity contribution in [2.45, 2.75) is 19.8 Å². The highest BCUT2D eigenvalue weighted by atomic mass is 32.1. The number of nitrogens with zero attached hydrogens (tertiary/aromatic N) is 2. The molecule has 1 aliphatic heterocycles. The quantitative estimate of drug-likeness (QED) is 0.426. The molecular weight excluding hydrogens is 424 g/mol. The maximum absolute atomic E-state index is 12.5. The molecule has 7 nitrogen and oxygen atoms in total. The molecular formula is C24H22N4O3S. The van der Waals surface area contributed by atoms with Gasteiger partial charge in [-0.05, 0) is 29.2 Å². The lowest BCUT2D eigenvalue weighted by Gasteiger charge is -2.10. The van der Waals surface area contributed by atoms with Gasteiger partial charge in [-0.25, -0.2) is 14.7 Å². The third-order valence-electron chi connectivity index (χ3n) is 4.98. The standard InChI is InChI=1S/C24H22N4O3S/c1-2-16-8-10-18(11-9-16)12-19-14-25-23(32-19)27-21(29)15-28-22(30)20(26-24(28)31)13-17-6-4-3-5-7-17/h3-11,13-14H,2,12,15H2,1H3,(H,26,31)(H,25,27,29)/b20-13-. The average Bonchev–Trinajstić information content (AvgIpc) is 3.34. The first-order valence-electron chi connectivity index (χ1n) is 10.2. The van der Waals surface area contributed by atoms with Crippen LogP contribution in [0.1, 0.15) is 28.5 Å². The van der Waals surface area contributed by atoms with E-state index in [9.17, 15) is 14.4 Å². The predicted molar refractivity (Wildman–Crippen MR) is 124 cm³/mol. The Balaban J connectivity index is 1.35. The molecule has 8 heteroatoms. The van der Waals surface area contributed by atoms with E-state index in [1.54, 1.807) is 12.3 Å². The molecule has 1 aromatic heterocycles. The Hall–Kier alpha value is -3.78. The van der Waals surface area contributed by atoms with Gasteiger partial charge >= 0.3 is 6.03 Å². The Morgan fingerprint density at radius 3 is 2.53 bits per heavy atom. The third kappa shape index (κ3) is 5.09. The minimum Gasteiger partial charge on any atom is -0.303 e. The number of hydrogen-bond donors (Lipinski definition) is 2. The Morgan fingerprint density at radius 2 is 1.81 bits per heavy atom. The number of carbonyl (C=O) groups is 3. The lowest BCUT2D eigenvalue weighted by molar-refractivity contribution is -0.127. The Bertz CT molecular complexity index is 1170.